The fraction of sp³-hybridized carbons (Fsp3) is 0.111. The highest BCUT2D eigenvalue weighted by molar-refractivity contribution is 6.36. The van der Waals surface area contributed by atoms with E-state index < -0.39 is 7.04 Å². The lowest BCUT2D eigenvalue weighted by Gasteiger charge is -2.02. The predicted molar refractivity (Wildman–Crippen MR) is 49.9 cm³/mol. The monoisotopic (exact) mass is 184 g/mol. The molecular weight excluding hydrogens is 174 g/mol. The largest absolute Gasteiger partial charge is 0.495 e. The number of benzene rings is 1. The van der Waals surface area contributed by atoms with Crippen molar-refractivity contribution in [2.75, 3.05) is 7.04 Å². The van der Waals surface area contributed by atoms with E-state index in [0.717, 1.165) is 10.9 Å². The number of ether oxygens (including phenoxy) is 1. The molecule has 0 unspecified atom stereocenters. The Morgan fingerprint density at radius 3 is 3.25 bits per heavy atom. The highest BCUT2D eigenvalue weighted by atomic mass is 35.5. The van der Waals surface area contributed by atoms with Crippen molar-refractivity contribution >= 4 is 22.5 Å². The van der Waals surface area contributed by atoms with Crippen LogP contribution in [0.1, 0.15) is 4.11 Å². The van der Waals surface area contributed by atoms with Crippen molar-refractivity contribution < 1.29 is 8.85 Å². The Hall–Kier alpha value is -1.15. The fourth-order valence-electron chi connectivity index (χ4n) is 1.16. The van der Waals surface area contributed by atoms with Crippen molar-refractivity contribution in [1.29, 1.82) is 0 Å². The minimum atomic E-state index is -2.48. The van der Waals surface area contributed by atoms with Crippen LogP contribution in [0, 0.1) is 0 Å². The number of H-pyrrole nitrogens is 1. The van der Waals surface area contributed by atoms with Gasteiger partial charge in [-0.2, -0.15) is 0 Å². The molecule has 0 radical (unpaired) electrons. The molecule has 0 saturated heterocycles. The van der Waals surface area contributed by atoms with E-state index in [1.807, 2.05) is 0 Å². The summed E-state index contributed by atoms with van der Waals surface area (Å²) in [4.78, 5) is 2.97. The van der Waals surface area contributed by atoms with E-state index in [4.69, 9.17) is 20.5 Å². The molecule has 0 aliphatic rings. The highest BCUT2D eigenvalue weighted by Gasteiger charge is 2.04. The molecule has 0 atom stereocenters. The molecule has 0 saturated carbocycles. The van der Waals surface area contributed by atoms with Crippen LogP contribution in [0.2, 0.25) is 5.02 Å². The second kappa shape index (κ2) is 2.72. The Kier molecular flexibility index (Phi) is 1.08. The Labute approximate surface area is 79.3 Å². The number of hydrogen-bond donors (Lipinski definition) is 1. The van der Waals surface area contributed by atoms with E-state index in [2.05, 4.69) is 4.98 Å². The van der Waals surface area contributed by atoms with Crippen LogP contribution < -0.4 is 4.74 Å². The Morgan fingerprint density at radius 2 is 2.42 bits per heavy atom. The first-order valence-corrected chi connectivity index (χ1v) is 3.80. The van der Waals surface area contributed by atoms with Crippen LogP contribution in [0.15, 0.2) is 24.4 Å². The van der Waals surface area contributed by atoms with Crippen LogP contribution in [0.4, 0.5) is 0 Å². The zero-order chi connectivity index (χ0) is 11.1. The van der Waals surface area contributed by atoms with Crippen LogP contribution in [0.3, 0.4) is 0 Å². The lowest BCUT2D eigenvalue weighted by molar-refractivity contribution is 0.415. The Morgan fingerprint density at radius 1 is 1.50 bits per heavy atom. The van der Waals surface area contributed by atoms with Gasteiger partial charge in [0.2, 0.25) is 0 Å². The molecule has 2 nitrogen and oxygen atoms in total. The van der Waals surface area contributed by atoms with Gasteiger partial charge in [0.25, 0.3) is 0 Å². The van der Waals surface area contributed by atoms with Gasteiger partial charge in [0.05, 0.1) is 16.2 Å². The van der Waals surface area contributed by atoms with Crippen molar-refractivity contribution in [3.63, 3.8) is 0 Å². The highest BCUT2D eigenvalue weighted by Crippen LogP contribution is 2.31. The van der Waals surface area contributed by atoms with E-state index >= 15 is 0 Å². The van der Waals surface area contributed by atoms with Crippen LogP contribution >= 0.6 is 11.6 Å². The molecule has 0 spiro atoms. The topological polar surface area (TPSA) is 25.0 Å². The molecule has 0 amide bonds. The zero-order valence-electron chi connectivity index (χ0n) is 9.10. The van der Waals surface area contributed by atoms with Crippen molar-refractivity contribution in [2.24, 2.45) is 0 Å². The lowest BCUT2D eigenvalue weighted by Crippen LogP contribution is -1.83. The Balaban J connectivity index is 2.48. The van der Waals surface area contributed by atoms with Gasteiger partial charge in [-0.25, -0.2) is 0 Å². The predicted octanol–water partition coefficient (Wildman–Crippen LogP) is 2.83. The summed E-state index contributed by atoms with van der Waals surface area (Å²) in [5.74, 6) is 0.170. The minimum Gasteiger partial charge on any atom is -0.495 e. The lowest BCUT2D eigenvalue weighted by atomic mass is 10.2. The molecule has 12 heavy (non-hydrogen) atoms. The van der Waals surface area contributed by atoms with Crippen LogP contribution in [-0.2, 0) is 0 Å². The molecule has 0 bridgehead atoms. The van der Waals surface area contributed by atoms with Crippen molar-refractivity contribution in [1.82, 2.24) is 4.98 Å². The van der Waals surface area contributed by atoms with E-state index in [1.54, 1.807) is 18.3 Å². The summed E-state index contributed by atoms with van der Waals surface area (Å²) in [6.07, 6.45) is 1.73. The third-order valence-electron chi connectivity index (χ3n) is 1.74. The number of nitrogens with one attached hydrogen (secondary N) is 1. The average Bonchev–Trinajstić information content (AvgIpc) is 2.56. The first kappa shape index (κ1) is 4.77. The molecule has 0 aliphatic heterocycles. The molecule has 2 rings (SSSR count). The Bertz CT molecular complexity index is 492. The summed E-state index contributed by atoms with van der Waals surface area (Å²) in [7, 11) is -2.48. The van der Waals surface area contributed by atoms with E-state index in [0.29, 0.717) is 5.02 Å². The van der Waals surface area contributed by atoms with Crippen molar-refractivity contribution in [3.8, 4) is 5.75 Å². The molecule has 0 fully saturated rings. The number of rotatable bonds is 1. The fourth-order valence-corrected chi connectivity index (χ4v) is 1.42. The molecular formula is C9H8ClNO. The maximum Gasteiger partial charge on any atom is 0.138 e. The van der Waals surface area contributed by atoms with Gasteiger partial charge in [-0.3, -0.25) is 0 Å². The molecule has 62 valence electrons. The molecule has 1 aromatic heterocycles. The second-order valence-electron chi connectivity index (χ2n) is 2.42. The van der Waals surface area contributed by atoms with Gasteiger partial charge in [-0.15, -0.1) is 0 Å². The molecule has 1 heterocycles. The molecule has 2 aromatic rings. The smallest absolute Gasteiger partial charge is 0.138 e. The standard InChI is InChI=1S/C9H8ClNO/c1-12-8-3-2-7-6(9(8)10)4-5-11-7/h2-5,11H,1H3/i1D3. The number of halogens is 1. The van der Waals surface area contributed by atoms with Gasteiger partial charge < -0.3 is 9.72 Å². The van der Waals surface area contributed by atoms with Crippen molar-refractivity contribution in [2.45, 2.75) is 0 Å². The third kappa shape index (κ3) is 0.959. The van der Waals surface area contributed by atoms with Gasteiger partial charge in [0.1, 0.15) is 5.75 Å². The van der Waals surface area contributed by atoms with E-state index in [9.17, 15) is 0 Å². The van der Waals surface area contributed by atoms with Gasteiger partial charge in [0, 0.05) is 17.1 Å². The summed E-state index contributed by atoms with van der Waals surface area (Å²) in [6, 6.07) is 5.03. The summed E-state index contributed by atoms with van der Waals surface area (Å²) >= 11 is 5.99. The first-order chi connectivity index (χ1) is 6.97. The maximum absolute atomic E-state index is 6.98. The maximum atomic E-state index is 6.98. The molecule has 3 heteroatoms. The van der Waals surface area contributed by atoms with Gasteiger partial charge >= 0.3 is 0 Å². The van der Waals surface area contributed by atoms with Crippen LogP contribution in [0.5, 0.6) is 5.75 Å². The number of aromatic amines is 1. The number of aromatic nitrogens is 1. The minimum absolute atomic E-state index is 0.170. The normalized spacial score (nSPS) is 15.2. The van der Waals surface area contributed by atoms with Crippen LogP contribution in [0.25, 0.3) is 10.9 Å². The van der Waals surface area contributed by atoms with E-state index in [1.165, 1.54) is 6.07 Å². The summed E-state index contributed by atoms with van der Waals surface area (Å²) in [5.41, 5.74) is 0.845. The molecule has 1 aromatic carbocycles. The summed E-state index contributed by atoms with van der Waals surface area (Å²) in [5, 5.41) is 1.06. The third-order valence-corrected chi connectivity index (χ3v) is 2.13. The van der Waals surface area contributed by atoms with Crippen LogP contribution in [-0.4, -0.2) is 12.0 Å². The van der Waals surface area contributed by atoms with Gasteiger partial charge in [-0.1, -0.05) is 11.6 Å². The van der Waals surface area contributed by atoms with Crippen molar-refractivity contribution in [3.05, 3.63) is 29.4 Å². The second-order valence-corrected chi connectivity index (χ2v) is 2.80. The zero-order valence-corrected chi connectivity index (χ0v) is 6.85. The number of hydrogen-bond acceptors (Lipinski definition) is 1. The van der Waals surface area contributed by atoms with Gasteiger partial charge in [0.15, 0.2) is 0 Å². The summed E-state index contributed by atoms with van der Waals surface area (Å²) < 4.78 is 25.7. The quantitative estimate of drug-likeness (QED) is 0.725. The number of methoxy groups -OCH3 is 1. The molecule has 0 aliphatic carbocycles. The SMILES string of the molecule is [2H]C([2H])([2H])Oc1ccc2[nH]ccc2c1Cl. The molecule has 1 N–H and O–H groups in total. The van der Waals surface area contributed by atoms with E-state index in [-0.39, 0.29) is 5.75 Å². The summed E-state index contributed by atoms with van der Waals surface area (Å²) in [6.45, 7) is 0. The first-order valence-electron chi connectivity index (χ1n) is 4.92. The number of fused-ring (bicyclic) bond motifs is 1. The average molecular weight is 185 g/mol. The van der Waals surface area contributed by atoms with Gasteiger partial charge in [-0.05, 0) is 18.2 Å².